The molecule has 0 aliphatic rings. The Morgan fingerprint density at radius 1 is 1.29 bits per heavy atom. The van der Waals surface area contributed by atoms with Gasteiger partial charge in [0, 0.05) is 25.2 Å². The van der Waals surface area contributed by atoms with Crippen LogP contribution in [0.1, 0.15) is 39.9 Å². The molecule has 0 spiro atoms. The topological polar surface area (TPSA) is 57.9 Å². The van der Waals surface area contributed by atoms with Crippen LogP contribution >= 0.6 is 0 Å². The first kappa shape index (κ1) is 17.5. The Morgan fingerprint density at radius 2 is 1.95 bits per heavy atom. The highest BCUT2D eigenvalue weighted by atomic mass is 16.7. The zero-order valence-electron chi connectivity index (χ0n) is 13.1. The van der Waals surface area contributed by atoms with E-state index in [1.807, 2.05) is 27.7 Å². The monoisotopic (exact) mass is 296 g/mol. The Bertz CT molecular complexity index is 428. The first-order chi connectivity index (χ1) is 10.1. The summed E-state index contributed by atoms with van der Waals surface area (Å²) in [7, 11) is 0. The molecule has 21 heavy (non-hydrogen) atoms. The number of carbonyl (C=O) groups is 1. The van der Waals surface area contributed by atoms with Crippen LogP contribution < -0.4 is 0 Å². The minimum absolute atomic E-state index is 0.185. The van der Waals surface area contributed by atoms with Gasteiger partial charge in [-0.15, -0.1) is 0 Å². The van der Waals surface area contributed by atoms with Gasteiger partial charge in [-0.1, -0.05) is 0 Å². The molecule has 1 aromatic heterocycles. The van der Waals surface area contributed by atoms with Gasteiger partial charge >= 0.3 is 5.97 Å². The van der Waals surface area contributed by atoms with Crippen LogP contribution in [0.4, 0.5) is 0 Å². The zero-order chi connectivity index (χ0) is 15.7. The molecule has 0 unspecified atom stereocenters. The maximum Gasteiger partial charge on any atom is 0.334 e. The van der Waals surface area contributed by atoms with E-state index in [4.69, 9.17) is 18.6 Å². The van der Waals surface area contributed by atoms with E-state index >= 15 is 0 Å². The van der Waals surface area contributed by atoms with E-state index in [0.717, 1.165) is 0 Å². The first-order valence-electron chi connectivity index (χ1n) is 7.25. The van der Waals surface area contributed by atoms with Crippen molar-refractivity contribution in [2.24, 2.45) is 0 Å². The van der Waals surface area contributed by atoms with Gasteiger partial charge in [-0.25, -0.2) is 4.79 Å². The van der Waals surface area contributed by atoms with Crippen LogP contribution in [0.25, 0.3) is 6.08 Å². The van der Waals surface area contributed by atoms with Crippen molar-refractivity contribution in [3.63, 3.8) is 0 Å². The lowest BCUT2D eigenvalue weighted by molar-refractivity contribution is -0.149. The van der Waals surface area contributed by atoms with Crippen LogP contribution in [-0.2, 0) is 19.0 Å². The number of hydrogen-bond acceptors (Lipinski definition) is 5. The average Bonchev–Trinajstić information content (AvgIpc) is 2.90. The largest absolute Gasteiger partial charge is 0.465 e. The van der Waals surface area contributed by atoms with Gasteiger partial charge in [-0.2, -0.15) is 0 Å². The zero-order valence-corrected chi connectivity index (χ0v) is 13.1. The molecule has 0 fully saturated rings. The van der Waals surface area contributed by atoms with Gasteiger partial charge in [-0.3, -0.25) is 0 Å². The molecular weight excluding hydrogens is 272 g/mol. The molecule has 5 heteroatoms. The molecule has 1 rings (SSSR count). The van der Waals surface area contributed by atoms with E-state index in [2.05, 4.69) is 0 Å². The van der Waals surface area contributed by atoms with Crippen LogP contribution in [-0.4, -0.2) is 31.6 Å². The second-order valence-corrected chi connectivity index (χ2v) is 4.68. The standard InChI is InChI=1S/C16H24O5/c1-5-18-15(19-6-2)11-13(16(17)21-12(3)4)10-14-8-7-9-20-14/h7-10,12,15H,5-6,11H2,1-4H3. The van der Waals surface area contributed by atoms with Crippen molar-refractivity contribution in [3.8, 4) is 0 Å². The number of furan rings is 1. The van der Waals surface area contributed by atoms with Crippen molar-refractivity contribution in [2.45, 2.75) is 46.5 Å². The van der Waals surface area contributed by atoms with Gasteiger partial charge in [0.15, 0.2) is 6.29 Å². The molecule has 0 radical (unpaired) electrons. The van der Waals surface area contributed by atoms with E-state index in [9.17, 15) is 4.79 Å². The second-order valence-electron chi connectivity index (χ2n) is 4.68. The number of rotatable bonds is 9. The summed E-state index contributed by atoms with van der Waals surface area (Å²) < 4.78 is 21.5. The van der Waals surface area contributed by atoms with Gasteiger partial charge in [0.05, 0.1) is 12.4 Å². The molecule has 0 amide bonds. The van der Waals surface area contributed by atoms with Crippen molar-refractivity contribution in [1.29, 1.82) is 0 Å². The fraction of sp³-hybridized carbons (Fsp3) is 0.562. The van der Waals surface area contributed by atoms with Crippen LogP contribution in [0, 0.1) is 0 Å². The summed E-state index contributed by atoms with van der Waals surface area (Å²) >= 11 is 0. The molecule has 0 saturated heterocycles. The predicted molar refractivity (Wildman–Crippen MR) is 79.6 cm³/mol. The van der Waals surface area contributed by atoms with Crippen LogP contribution in [0.2, 0.25) is 0 Å². The fourth-order valence-electron chi connectivity index (χ4n) is 1.75. The minimum Gasteiger partial charge on any atom is -0.465 e. The number of carbonyl (C=O) groups excluding carboxylic acids is 1. The summed E-state index contributed by atoms with van der Waals surface area (Å²) in [5, 5.41) is 0. The highest BCUT2D eigenvalue weighted by Crippen LogP contribution is 2.17. The molecule has 0 aliphatic carbocycles. The van der Waals surface area contributed by atoms with Crippen molar-refractivity contribution >= 4 is 12.0 Å². The average molecular weight is 296 g/mol. The SMILES string of the molecule is CCOC(CC(=Cc1ccco1)C(=O)OC(C)C)OCC. The van der Waals surface area contributed by atoms with E-state index < -0.39 is 6.29 Å². The van der Waals surface area contributed by atoms with Crippen LogP contribution in [0.5, 0.6) is 0 Å². The maximum atomic E-state index is 12.2. The van der Waals surface area contributed by atoms with Gasteiger partial charge in [-0.05, 0) is 45.9 Å². The summed E-state index contributed by atoms with van der Waals surface area (Å²) in [6.07, 6.45) is 2.87. The van der Waals surface area contributed by atoms with E-state index in [1.165, 1.54) is 0 Å². The Kier molecular flexibility index (Phi) is 7.79. The third kappa shape index (κ3) is 6.60. The predicted octanol–water partition coefficient (Wildman–Crippen LogP) is 3.40. The Hall–Kier alpha value is -1.59. The lowest BCUT2D eigenvalue weighted by Gasteiger charge is -2.18. The lowest BCUT2D eigenvalue weighted by Crippen LogP contribution is -2.22. The summed E-state index contributed by atoms with van der Waals surface area (Å²) in [6.45, 7) is 8.41. The highest BCUT2D eigenvalue weighted by molar-refractivity contribution is 5.93. The van der Waals surface area contributed by atoms with E-state index in [0.29, 0.717) is 31.0 Å². The lowest BCUT2D eigenvalue weighted by atomic mass is 10.1. The van der Waals surface area contributed by atoms with Crippen molar-refractivity contribution in [3.05, 3.63) is 29.7 Å². The van der Waals surface area contributed by atoms with E-state index in [-0.39, 0.29) is 12.1 Å². The molecule has 0 saturated carbocycles. The highest BCUT2D eigenvalue weighted by Gasteiger charge is 2.19. The normalized spacial score (nSPS) is 12.2. The number of esters is 1. The van der Waals surface area contributed by atoms with Gasteiger partial charge in [0.1, 0.15) is 5.76 Å². The maximum absolute atomic E-state index is 12.2. The van der Waals surface area contributed by atoms with Gasteiger partial charge < -0.3 is 18.6 Å². The van der Waals surface area contributed by atoms with Crippen LogP contribution in [0.3, 0.4) is 0 Å². The molecule has 118 valence electrons. The molecule has 1 aromatic rings. The molecule has 0 aromatic carbocycles. The quantitative estimate of drug-likeness (QED) is 0.397. The Morgan fingerprint density at radius 3 is 2.43 bits per heavy atom. The van der Waals surface area contributed by atoms with Crippen LogP contribution in [0.15, 0.2) is 28.4 Å². The summed E-state index contributed by atoms with van der Waals surface area (Å²) in [5.74, 6) is 0.211. The Balaban J connectivity index is 2.87. The smallest absolute Gasteiger partial charge is 0.334 e. The van der Waals surface area contributed by atoms with Gasteiger partial charge in [0.2, 0.25) is 0 Å². The second kappa shape index (κ2) is 9.37. The summed E-state index contributed by atoms with van der Waals surface area (Å²) in [6, 6.07) is 3.54. The third-order valence-corrected chi connectivity index (χ3v) is 2.56. The first-order valence-corrected chi connectivity index (χ1v) is 7.25. The molecular formula is C16H24O5. The van der Waals surface area contributed by atoms with Crippen molar-refractivity contribution < 1.29 is 23.4 Å². The molecule has 0 aliphatic heterocycles. The van der Waals surface area contributed by atoms with Gasteiger partial charge in [0.25, 0.3) is 0 Å². The number of hydrogen-bond donors (Lipinski definition) is 0. The summed E-state index contributed by atoms with van der Waals surface area (Å²) in [4.78, 5) is 12.2. The minimum atomic E-state index is -0.471. The van der Waals surface area contributed by atoms with Crippen molar-refractivity contribution in [2.75, 3.05) is 13.2 Å². The third-order valence-electron chi connectivity index (χ3n) is 2.56. The Labute approximate surface area is 125 Å². The molecule has 0 atom stereocenters. The fourth-order valence-corrected chi connectivity index (χ4v) is 1.75. The number of ether oxygens (including phenoxy) is 3. The molecule has 0 bridgehead atoms. The summed E-state index contributed by atoms with van der Waals surface area (Å²) in [5.41, 5.74) is 0.463. The molecule has 5 nitrogen and oxygen atoms in total. The van der Waals surface area contributed by atoms with Crippen molar-refractivity contribution in [1.82, 2.24) is 0 Å². The molecule has 0 N–H and O–H groups in total. The van der Waals surface area contributed by atoms with E-state index in [1.54, 1.807) is 24.5 Å². The molecule has 1 heterocycles.